The number of sulfonamides is 1. The van der Waals surface area contributed by atoms with E-state index in [4.69, 9.17) is 9.47 Å². The van der Waals surface area contributed by atoms with Gasteiger partial charge in [-0.15, -0.1) is 0 Å². The normalized spacial score (nSPS) is 16.7. The molecule has 3 rings (SSSR count). The molecular weight excluding hydrogens is 393 g/mol. The lowest BCUT2D eigenvalue weighted by molar-refractivity contribution is 0.0517. The van der Waals surface area contributed by atoms with E-state index in [1.807, 2.05) is 0 Å². The molecule has 0 bridgehead atoms. The Balaban J connectivity index is 1.73. The molecule has 2 aromatic rings. The van der Waals surface area contributed by atoms with Crippen LogP contribution in [0.3, 0.4) is 0 Å². The summed E-state index contributed by atoms with van der Waals surface area (Å²) in [4.78, 5) is 0.190. The maximum absolute atomic E-state index is 13.4. The lowest BCUT2D eigenvalue weighted by atomic mass is 9.74. The summed E-state index contributed by atoms with van der Waals surface area (Å²) < 4.78 is 52.9. The number of rotatable bonds is 8. The molecule has 1 aliphatic heterocycles. The zero-order valence-electron chi connectivity index (χ0n) is 16.9. The zero-order chi connectivity index (χ0) is 20.9. The lowest BCUT2D eigenvalue weighted by Crippen LogP contribution is -2.44. The fourth-order valence-electron chi connectivity index (χ4n) is 3.43. The molecule has 1 aliphatic rings. The molecule has 0 amide bonds. The van der Waals surface area contributed by atoms with Crippen molar-refractivity contribution in [3.63, 3.8) is 0 Å². The number of hydrogen-bond acceptors (Lipinski definition) is 4. The van der Waals surface area contributed by atoms with E-state index >= 15 is 0 Å². The number of halogens is 1. The SMILES string of the molecule is CC(C)COc1ccc(S(=O)(=O)NCC2(c3ccc(F)cc3)CCOCC2)cc1. The molecule has 1 saturated heterocycles. The Morgan fingerprint density at radius 1 is 1.07 bits per heavy atom. The average molecular weight is 422 g/mol. The first-order chi connectivity index (χ1) is 13.8. The van der Waals surface area contributed by atoms with E-state index in [2.05, 4.69) is 18.6 Å². The number of ether oxygens (including phenoxy) is 2. The maximum Gasteiger partial charge on any atom is 0.240 e. The van der Waals surface area contributed by atoms with Crippen molar-refractivity contribution in [3.05, 3.63) is 59.9 Å². The minimum atomic E-state index is -3.68. The first kappa shape index (κ1) is 21.7. The molecule has 0 saturated carbocycles. The van der Waals surface area contributed by atoms with Gasteiger partial charge in [-0.1, -0.05) is 26.0 Å². The molecule has 0 radical (unpaired) electrons. The second-order valence-corrected chi connectivity index (χ2v) is 9.67. The van der Waals surface area contributed by atoms with Crippen LogP contribution in [0.15, 0.2) is 53.4 Å². The van der Waals surface area contributed by atoms with Crippen molar-refractivity contribution in [2.24, 2.45) is 5.92 Å². The summed E-state index contributed by atoms with van der Waals surface area (Å²) in [7, 11) is -3.68. The number of nitrogens with one attached hydrogen (secondary N) is 1. The van der Waals surface area contributed by atoms with Crippen molar-refractivity contribution in [2.75, 3.05) is 26.4 Å². The molecule has 0 unspecified atom stereocenters. The number of hydrogen-bond donors (Lipinski definition) is 1. The maximum atomic E-state index is 13.4. The van der Waals surface area contributed by atoms with Gasteiger partial charge in [0.05, 0.1) is 11.5 Å². The van der Waals surface area contributed by atoms with Crippen LogP contribution in [0.2, 0.25) is 0 Å². The van der Waals surface area contributed by atoms with Crippen molar-refractivity contribution in [2.45, 2.75) is 37.0 Å². The van der Waals surface area contributed by atoms with Crippen molar-refractivity contribution < 1.29 is 22.3 Å². The van der Waals surface area contributed by atoms with Crippen molar-refractivity contribution in [3.8, 4) is 5.75 Å². The van der Waals surface area contributed by atoms with Crippen LogP contribution >= 0.6 is 0 Å². The third kappa shape index (κ3) is 5.56. The molecule has 158 valence electrons. The predicted molar refractivity (Wildman–Crippen MR) is 110 cm³/mol. The highest BCUT2D eigenvalue weighted by molar-refractivity contribution is 7.89. The van der Waals surface area contributed by atoms with Crippen LogP contribution in [0.25, 0.3) is 0 Å². The monoisotopic (exact) mass is 421 g/mol. The van der Waals surface area contributed by atoms with Crippen LogP contribution in [-0.2, 0) is 20.2 Å². The molecule has 1 fully saturated rings. The fraction of sp³-hybridized carbons (Fsp3) is 0.455. The van der Waals surface area contributed by atoms with Gasteiger partial charge in [0.25, 0.3) is 0 Å². The molecule has 2 aromatic carbocycles. The summed E-state index contributed by atoms with van der Waals surface area (Å²) in [5.41, 5.74) is 0.502. The second-order valence-electron chi connectivity index (χ2n) is 7.90. The smallest absolute Gasteiger partial charge is 0.240 e. The quantitative estimate of drug-likeness (QED) is 0.702. The number of benzene rings is 2. The highest BCUT2D eigenvalue weighted by Crippen LogP contribution is 2.35. The molecule has 5 nitrogen and oxygen atoms in total. The summed E-state index contributed by atoms with van der Waals surface area (Å²) in [6.45, 7) is 6.00. The Morgan fingerprint density at radius 2 is 1.69 bits per heavy atom. The van der Waals surface area contributed by atoms with E-state index in [1.54, 1.807) is 36.4 Å². The zero-order valence-corrected chi connectivity index (χ0v) is 17.7. The van der Waals surface area contributed by atoms with Crippen LogP contribution in [0, 0.1) is 11.7 Å². The Hall–Kier alpha value is -1.96. The third-order valence-electron chi connectivity index (χ3n) is 5.22. The van der Waals surface area contributed by atoms with Crippen molar-refractivity contribution in [1.82, 2.24) is 4.72 Å². The molecule has 1 heterocycles. The first-order valence-electron chi connectivity index (χ1n) is 9.87. The molecule has 29 heavy (non-hydrogen) atoms. The Bertz CT molecular complexity index is 889. The van der Waals surface area contributed by atoms with E-state index in [0.29, 0.717) is 44.3 Å². The Labute approximate surface area is 172 Å². The van der Waals surface area contributed by atoms with Crippen LogP contribution < -0.4 is 9.46 Å². The molecule has 0 atom stereocenters. The Kier molecular flexibility index (Phi) is 6.93. The van der Waals surface area contributed by atoms with Gasteiger partial charge in [-0.3, -0.25) is 0 Å². The van der Waals surface area contributed by atoms with Crippen LogP contribution in [-0.4, -0.2) is 34.8 Å². The molecule has 0 spiro atoms. The van der Waals surface area contributed by atoms with Gasteiger partial charge >= 0.3 is 0 Å². The largest absolute Gasteiger partial charge is 0.493 e. The summed E-state index contributed by atoms with van der Waals surface area (Å²) in [5, 5.41) is 0. The fourth-order valence-corrected chi connectivity index (χ4v) is 4.55. The highest BCUT2D eigenvalue weighted by Gasteiger charge is 2.35. The van der Waals surface area contributed by atoms with Crippen LogP contribution in [0.4, 0.5) is 4.39 Å². The standard InChI is InChI=1S/C22H28FNO4S/c1-17(2)15-28-20-7-9-21(10-8-20)29(25,26)24-16-22(11-13-27-14-12-22)18-3-5-19(23)6-4-18/h3-10,17,24H,11-16H2,1-2H3. The van der Waals surface area contributed by atoms with E-state index in [0.717, 1.165) is 5.56 Å². The lowest BCUT2D eigenvalue weighted by Gasteiger charge is -2.37. The molecule has 0 aromatic heterocycles. The van der Waals surface area contributed by atoms with Crippen LogP contribution in [0.1, 0.15) is 32.3 Å². The molecule has 0 aliphatic carbocycles. The molecular formula is C22H28FNO4S. The highest BCUT2D eigenvalue weighted by atomic mass is 32.2. The van der Waals surface area contributed by atoms with Gasteiger partial charge in [-0.25, -0.2) is 17.5 Å². The summed E-state index contributed by atoms with van der Waals surface area (Å²) in [6, 6.07) is 12.7. The first-order valence-corrected chi connectivity index (χ1v) is 11.4. The van der Waals surface area contributed by atoms with E-state index in [-0.39, 0.29) is 17.3 Å². The van der Waals surface area contributed by atoms with E-state index in [1.165, 1.54) is 12.1 Å². The van der Waals surface area contributed by atoms with Gasteiger partial charge in [0.15, 0.2) is 0 Å². The van der Waals surface area contributed by atoms with E-state index < -0.39 is 15.4 Å². The average Bonchev–Trinajstić information content (AvgIpc) is 2.72. The van der Waals surface area contributed by atoms with E-state index in [9.17, 15) is 12.8 Å². The third-order valence-corrected chi connectivity index (χ3v) is 6.64. The van der Waals surface area contributed by atoms with Gasteiger partial charge in [0.2, 0.25) is 10.0 Å². The second kappa shape index (κ2) is 9.24. The minimum Gasteiger partial charge on any atom is -0.493 e. The van der Waals surface area contributed by atoms with Gasteiger partial charge < -0.3 is 9.47 Å². The topological polar surface area (TPSA) is 64.6 Å². The van der Waals surface area contributed by atoms with Gasteiger partial charge in [0.1, 0.15) is 11.6 Å². The molecule has 1 N–H and O–H groups in total. The van der Waals surface area contributed by atoms with Gasteiger partial charge in [-0.2, -0.15) is 0 Å². The summed E-state index contributed by atoms with van der Waals surface area (Å²) >= 11 is 0. The van der Waals surface area contributed by atoms with Crippen LogP contribution in [0.5, 0.6) is 5.75 Å². The minimum absolute atomic E-state index is 0.190. The van der Waals surface area contributed by atoms with Crippen molar-refractivity contribution in [1.29, 1.82) is 0 Å². The Morgan fingerprint density at radius 3 is 2.28 bits per heavy atom. The van der Waals surface area contributed by atoms with Gasteiger partial charge in [-0.05, 0) is 60.7 Å². The molecule has 7 heteroatoms. The van der Waals surface area contributed by atoms with Gasteiger partial charge in [0, 0.05) is 25.2 Å². The summed E-state index contributed by atoms with van der Waals surface area (Å²) in [5.74, 6) is 0.725. The summed E-state index contributed by atoms with van der Waals surface area (Å²) in [6.07, 6.45) is 1.34. The van der Waals surface area contributed by atoms with Crippen molar-refractivity contribution >= 4 is 10.0 Å². The predicted octanol–water partition coefficient (Wildman–Crippen LogP) is 3.89.